The summed E-state index contributed by atoms with van der Waals surface area (Å²) in [7, 11) is 1.29. The number of nitrogens with one attached hydrogen (secondary N) is 1. The molecule has 0 bridgehead atoms. The van der Waals surface area contributed by atoms with Crippen molar-refractivity contribution in [1.29, 1.82) is 0 Å². The first-order chi connectivity index (χ1) is 9.08. The molecule has 0 aromatic rings. The van der Waals surface area contributed by atoms with Crippen molar-refractivity contribution in [2.75, 3.05) is 33.4 Å². The number of rotatable bonds is 6. The number of hydrogen-bond donors (Lipinski definition) is 3. The fourth-order valence-corrected chi connectivity index (χ4v) is 2.23. The number of methoxy groups -OCH3 is 1. The minimum atomic E-state index is -1.10. The summed E-state index contributed by atoms with van der Waals surface area (Å²) in [6, 6.07) is -0.272. The molecule has 0 aromatic carbocycles. The number of carboxylic acid groups (broad SMARTS) is 1. The van der Waals surface area contributed by atoms with Gasteiger partial charge in [0.05, 0.1) is 6.54 Å². The molecule has 0 aliphatic carbocycles. The van der Waals surface area contributed by atoms with E-state index in [1.165, 1.54) is 7.11 Å². The van der Waals surface area contributed by atoms with Crippen molar-refractivity contribution in [3.63, 3.8) is 0 Å². The van der Waals surface area contributed by atoms with Gasteiger partial charge < -0.3 is 25.2 Å². The third kappa shape index (κ3) is 5.04. The van der Waals surface area contributed by atoms with Crippen LogP contribution in [-0.4, -0.2) is 66.6 Å². The Bertz CT molecular complexity index is 308. The molecule has 1 aliphatic rings. The molecule has 1 aliphatic heterocycles. The van der Waals surface area contributed by atoms with Crippen LogP contribution in [0, 0.1) is 5.92 Å². The minimum absolute atomic E-state index is 0.0498. The second-order valence-electron chi connectivity index (χ2n) is 4.72. The molecule has 7 nitrogen and oxygen atoms in total. The molecule has 7 heteroatoms. The van der Waals surface area contributed by atoms with E-state index in [1.807, 2.05) is 0 Å². The quantitative estimate of drug-likeness (QED) is 0.627. The molecule has 110 valence electrons. The zero-order valence-corrected chi connectivity index (χ0v) is 11.2. The first-order valence-corrected chi connectivity index (χ1v) is 6.47. The lowest BCUT2D eigenvalue weighted by atomic mass is 9.95. The standard InChI is InChI=1S/C12H22N2O5/c1-19-10(11(16)17)7-13-12(18)14-5-2-3-9(8-14)4-6-15/h9-10,15H,2-8H2,1H3,(H,13,18)(H,16,17). The lowest BCUT2D eigenvalue weighted by molar-refractivity contribution is -0.148. The molecule has 3 N–H and O–H groups in total. The molecular formula is C12H22N2O5. The fourth-order valence-electron chi connectivity index (χ4n) is 2.23. The molecule has 1 heterocycles. The molecule has 2 atom stereocenters. The topological polar surface area (TPSA) is 99.1 Å². The zero-order chi connectivity index (χ0) is 14.3. The monoisotopic (exact) mass is 274 g/mol. The summed E-state index contributed by atoms with van der Waals surface area (Å²) in [6.07, 6.45) is 1.59. The number of urea groups is 1. The molecule has 2 amide bonds. The summed E-state index contributed by atoms with van der Waals surface area (Å²) in [5.41, 5.74) is 0. The van der Waals surface area contributed by atoms with Gasteiger partial charge in [0.15, 0.2) is 6.10 Å². The van der Waals surface area contributed by atoms with E-state index in [2.05, 4.69) is 5.32 Å². The Morgan fingerprint density at radius 3 is 2.84 bits per heavy atom. The van der Waals surface area contributed by atoms with E-state index in [1.54, 1.807) is 4.90 Å². The van der Waals surface area contributed by atoms with E-state index in [9.17, 15) is 9.59 Å². The highest BCUT2D eigenvalue weighted by Gasteiger charge is 2.24. The van der Waals surface area contributed by atoms with Crippen molar-refractivity contribution in [3.8, 4) is 0 Å². The van der Waals surface area contributed by atoms with Crippen LogP contribution in [0.1, 0.15) is 19.3 Å². The van der Waals surface area contributed by atoms with Gasteiger partial charge in [0, 0.05) is 26.8 Å². The molecule has 1 fully saturated rings. The third-order valence-corrected chi connectivity index (χ3v) is 3.34. The molecule has 19 heavy (non-hydrogen) atoms. The van der Waals surface area contributed by atoms with Crippen molar-refractivity contribution >= 4 is 12.0 Å². The highest BCUT2D eigenvalue weighted by Crippen LogP contribution is 2.19. The number of likely N-dealkylation sites (tertiary alicyclic amines) is 1. The smallest absolute Gasteiger partial charge is 0.334 e. The molecule has 1 rings (SSSR count). The lowest BCUT2D eigenvalue weighted by Gasteiger charge is -2.32. The SMILES string of the molecule is COC(CNC(=O)N1CCCC(CCO)C1)C(=O)O. The van der Waals surface area contributed by atoms with Crippen molar-refractivity contribution in [2.45, 2.75) is 25.4 Å². The number of aliphatic carboxylic acids is 1. The minimum Gasteiger partial charge on any atom is -0.479 e. The van der Waals surface area contributed by atoms with Gasteiger partial charge in [-0.1, -0.05) is 0 Å². The summed E-state index contributed by atoms with van der Waals surface area (Å²) in [5, 5.41) is 20.3. The molecule has 0 saturated carbocycles. The number of carbonyl (C=O) groups is 2. The Balaban J connectivity index is 2.38. The van der Waals surface area contributed by atoms with Gasteiger partial charge in [-0.2, -0.15) is 0 Å². The predicted octanol–water partition coefficient (Wildman–Crippen LogP) is -0.110. The number of nitrogens with zero attached hydrogens (tertiary/aromatic N) is 1. The number of aliphatic hydroxyl groups is 1. The van der Waals surface area contributed by atoms with Gasteiger partial charge in [-0.25, -0.2) is 9.59 Å². The van der Waals surface area contributed by atoms with Crippen LogP contribution in [0.15, 0.2) is 0 Å². The largest absolute Gasteiger partial charge is 0.479 e. The van der Waals surface area contributed by atoms with Gasteiger partial charge >= 0.3 is 12.0 Å². The molecule has 2 unspecified atom stereocenters. The zero-order valence-electron chi connectivity index (χ0n) is 11.2. The summed E-state index contributed by atoms with van der Waals surface area (Å²) in [4.78, 5) is 24.3. The Labute approximate surface area is 112 Å². The van der Waals surface area contributed by atoms with Crippen LogP contribution in [0.3, 0.4) is 0 Å². The van der Waals surface area contributed by atoms with Crippen LogP contribution in [0.2, 0.25) is 0 Å². The van der Waals surface area contributed by atoms with Crippen LogP contribution >= 0.6 is 0 Å². The van der Waals surface area contributed by atoms with E-state index in [0.717, 1.165) is 12.8 Å². The number of amides is 2. The first-order valence-electron chi connectivity index (χ1n) is 6.47. The van der Waals surface area contributed by atoms with Gasteiger partial charge in [0.1, 0.15) is 0 Å². The van der Waals surface area contributed by atoms with Crippen LogP contribution in [0.5, 0.6) is 0 Å². The first kappa shape index (κ1) is 15.7. The summed E-state index contributed by atoms with van der Waals surface area (Å²) >= 11 is 0. The van der Waals surface area contributed by atoms with Crippen LogP contribution < -0.4 is 5.32 Å². The molecule has 1 saturated heterocycles. The van der Waals surface area contributed by atoms with Crippen LogP contribution in [0.25, 0.3) is 0 Å². The molecule has 0 radical (unpaired) electrons. The maximum atomic E-state index is 11.9. The van der Waals surface area contributed by atoms with E-state index in [0.29, 0.717) is 25.4 Å². The second kappa shape index (κ2) is 7.96. The number of carboxylic acids is 1. The number of hydrogen-bond acceptors (Lipinski definition) is 4. The maximum Gasteiger partial charge on any atom is 0.334 e. The Hall–Kier alpha value is -1.34. The van der Waals surface area contributed by atoms with Gasteiger partial charge in [0.25, 0.3) is 0 Å². The number of aliphatic hydroxyl groups excluding tert-OH is 1. The molecular weight excluding hydrogens is 252 g/mol. The summed E-state index contributed by atoms with van der Waals surface area (Å²) in [5.74, 6) is -0.776. The Kier molecular flexibility index (Phi) is 6.58. The maximum absolute atomic E-state index is 11.9. The normalized spacial score (nSPS) is 20.9. The summed E-state index contributed by atoms with van der Waals surface area (Å²) in [6.45, 7) is 1.35. The van der Waals surface area contributed by atoms with E-state index >= 15 is 0 Å². The molecule has 0 aromatic heterocycles. The van der Waals surface area contributed by atoms with E-state index in [4.69, 9.17) is 14.9 Å². The van der Waals surface area contributed by atoms with Gasteiger partial charge in [-0.05, 0) is 25.2 Å². The fraction of sp³-hybridized carbons (Fsp3) is 0.833. The van der Waals surface area contributed by atoms with Crippen molar-refractivity contribution in [1.82, 2.24) is 10.2 Å². The average molecular weight is 274 g/mol. The van der Waals surface area contributed by atoms with Gasteiger partial charge in [-0.3, -0.25) is 0 Å². The van der Waals surface area contributed by atoms with Crippen molar-refractivity contribution in [2.24, 2.45) is 5.92 Å². The van der Waals surface area contributed by atoms with Crippen LogP contribution in [0.4, 0.5) is 4.79 Å². The van der Waals surface area contributed by atoms with Gasteiger partial charge in [-0.15, -0.1) is 0 Å². The van der Waals surface area contributed by atoms with Crippen LogP contribution in [-0.2, 0) is 9.53 Å². The third-order valence-electron chi connectivity index (χ3n) is 3.34. The average Bonchev–Trinajstić information content (AvgIpc) is 2.39. The van der Waals surface area contributed by atoms with Gasteiger partial charge in [0.2, 0.25) is 0 Å². The van der Waals surface area contributed by atoms with Crippen molar-refractivity contribution in [3.05, 3.63) is 0 Å². The van der Waals surface area contributed by atoms with Crippen molar-refractivity contribution < 1.29 is 24.5 Å². The Morgan fingerprint density at radius 1 is 1.53 bits per heavy atom. The molecule has 0 spiro atoms. The number of carbonyl (C=O) groups excluding carboxylic acids is 1. The predicted molar refractivity (Wildman–Crippen MR) is 67.8 cm³/mol. The van der Waals surface area contributed by atoms with E-state index in [-0.39, 0.29) is 19.2 Å². The second-order valence-corrected chi connectivity index (χ2v) is 4.72. The lowest BCUT2D eigenvalue weighted by Crippen LogP contribution is -2.48. The Morgan fingerprint density at radius 2 is 2.26 bits per heavy atom. The summed E-state index contributed by atoms with van der Waals surface area (Å²) < 4.78 is 4.74. The highest BCUT2D eigenvalue weighted by molar-refractivity contribution is 5.77. The number of ether oxygens (including phenoxy) is 1. The number of piperidine rings is 1. The highest BCUT2D eigenvalue weighted by atomic mass is 16.5. The van der Waals surface area contributed by atoms with E-state index < -0.39 is 12.1 Å².